The normalized spacial score (nSPS) is 15.1. The minimum atomic E-state index is -1.09. The highest BCUT2D eigenvalue weighted by Gasteiger charge is 2.29. The van der Waals surface area contributed by atoms with E-state index in [-0.39, 0.29) is 17.1 Å². The number of hydrogen-bond donors (Lipinski definition) is 2. The summed E-state index contributed by atoms with van der Waals surface area (Å²) >= 11 is 6.67. The van der Waals surface area contributed by atoms with E-state index in [0.717, 1.165) is 5.01 Å². The molecule has 1 amide bonds. The molecule has 144 valence electrons. The second-order valence-corrected chi connectivity index (χ2v) is 7.45. The molecule has 0 fully saturated rings. The van der Waals surface area contributed by atoms with Crippen LogP contribution in [0, 0.1) is 0 Å². The summed E-state index contributed by atoms with van der Waals surface area (Å²) in [6, 6.07) is 7.58. The number of aromatic hydroxyl groups is 1. The summed E-state index contributed by atoms with van der Waals surface area (Å²) in [6.45, 7) is 1.69. The van der Waals surface area contributed by atoms with Crippen LogP contribution in [-0.4, -0.2) is 34.9 Å². The number of rotatable bonds is 4. The Morgan fingerprint density at radius 3 is 2.61 bits per heavy atom. The third kappa shape index (κ3) is 3.55. The molecule has 2 aromatic rings. The number of hydrogen-bond acceptors (Lipinski definition) is 5. The summed E-state index contributed by atoms with van der Waals surface area (Å²) in [7, 11) is 1.43. The number of phenolic OH excluding ortho intramolecular Hbond substituents is 1. The van der Waals surface area contributed by atoms with Gasteiger partial charge in [0.1, 0.15) is 0 Å². The van der Waals surface area contributed by atoms with Gasteiger partial charge in [-0.25, -0.2) is 4.79 Å². The standard InChI is InChI=1S/C19H14Br2N2O5/c1-9-13(7-11-8-14(28-2)17(24)16(21)15(11)20)18(25)23(22-9)12-5-3-4-10(6-12)19(26)27/h3-8,24H,1-2H3,(H,26,27)/b13-7-. The highest BCUT2D eigenvalue weighted by atomic mass is 79.9. The number of carboxylic acids is 1. The maximum atomic E-state index is 12.9. The molecular formula is C19H14Br2N2O5. The Morgan fingerprint density at radius 2 is 1.96 bits per heavy atom. The first kappa shape index (κ1) is 20.1. The maximum Gasteiger partial charge on any atom is 0.335 e. The van der Waals surface area contributed by atoms with Crippen LogP contribution in [0.15, 0.2) is 50.0 Å². The molecule has 0 saturated carbocycles. The topological polar surface area (TPSA) is 99.4 Å². The number of carbonyl (C=O) groups excluding carboxylic acids is 1. The molecule has 0 unspecified atom stereocenters. The van der Waals surface area contributed by atoms with Crippen molar-refractivity contribution >= 4 is 61.2 Å². The van der Waals surface area contributed by atoms with Gasteiger partial charge in [-0.05, 0) is 74.7 Å². The molecule has 0 saturated heterocycles. The molecule has 0 aromatic heterocycles. The van der Waals surface area contributed by atoms with Gasteiger partial charge in [0.2, 0.25) is 0 Å². The first-order valence-electron chi connectivity index (χ1n) is 7.94. The molecule has 9 heteroatoms. The lowest BCUT2D eigenvalue weighted by atomic mass is 10.1. The minimum absolute atomic E-state index is 0.0607. The van der Waals surface area contributed by atoms with Gasteiger partial charge < -0.3 is 14.9 Å². The largest absolute Gasteiger partial charge is 0.503 e. The quantitative estimate of drug-likeness (QED) is 0.594. The number of halogens is 2. The van der Waals surface area contributed by atoms with Gasteiger partial charge in [-0.3, -0.25) is 4.79 Å². The smallest absolute Gasteiger partial charge is 0.335 e. The van der Waals surface area contributed by atoms with E-state index >= 15 is 0 Å². The molecule has 0 bridgehead atoms. The molecule has 0 radical (unpaired) electrons. The summed E-state index contributed by atoms with van der Waals surface area (Å²) in [5.74, 6) is -1.30. The number of carboxylic acid groups (broad SMARTS) is 1. The first-order chi connectivity index (χ1) is 13.2. The van der Waals surface area contributed by atoms with Crippen molar-refractivity contribution in [2.75, 3.05) is 12.1 Å². The molecule has 1 heterocycles. The zero-order chi connectivity index (χ0) is 20.6. The van der Waals surface area contributed by atoms with Crippen molar-refractivity contribution < 1.29 is 24.5 Å². The fourth-order valence-corrected chi connectivity index (χ4v) is 3.50. The van der Waals surface area contributed by atoms with E-state index in [1.807, 2.05) is 0 Å². The minimum Gasteiger partial charge on any atom is -0.503 e. The molecule has 1 aliphatic rings. The van der Waals surface area contributed by atoms with Crippen molar-refractivity contribution in [3.05, 3.63) is 56.0 Å². The Hall–Kier alpha value is -2.65. The molecule has 7 nitrogen and oxygen atoms in total. The van der Waals surface area contributed by atoms with Gasteiger partial charge in [0.15, 0.2) is 11.5 Å². The van der Waals surface area contributed by atoms with Crippen molar-refractivity contribution in [3.8, 4) is 11.5 Å². The van der Waals surface area contributed by atoms with Crippen molar-refractivity contribution in [1.82, 2.24) is 0 Å². The van der Waals surface area contributed by atoms with Crippen LogP contribution in [0.1, 0.15) is 22.8 Å². The SMILES string of the molecule is COc1cc(/C=C2\C(=O)N(c3cccc(C(=O)O)c3)N=C2C)c(Br)c(Br)c1O. The number of aromatic carboxylic acids is 1. The molecule has 1 aliphatic heterocycles. The van der Waals surface area contributed by atoms with Crippen LogP contribution >= 0.6 is 31.9 Å². The fourth-order valence-electron chi connectivity index (χ4n) is 2.66. The van der Waals surface area contributed by atoms with Crippen LogP contribution < -0.4 is 9.75 Å². The third-order valence-corrected chi connectivity index (χ3v) is 6.25. The van der Waals surface area contributed by atoms with Crippen LogP contribution in [0.5, 0.6) is 11.5 Å². The Balaban J connectivity index is 2.03. The zero-order valence-corrected chi connectivity index (χ0v) is 17.9. The Labute approximate surface area is 177 Å². The highest BCUT2D eigenvalue weighted by molar-refractivity contribution is 9.13. The van der Waals surface area contributed by atoms with E-state index < -0.39 is 11.9 Å². The molecule has 0 atom stereocenters. The van der Waals surface area contributed by atoms with Crippen molar-refractivity contribution in [2.24, 2.45) is 5.10 Å². The third-order valence-electron chi connectivity index (χ3n) is 4.09. The molecule has 2 N–H and O–H groups in total. The number of carbonyl (C=O) groups is 2. The van der Waals surface area contributed by atoms with Crippen molar-refractivity contribution in [1.29, 1.82) is 0 Å². The number of nitrogens with zero attached hydrogens (tertiary/aromatic N) is 2. The Kier molecular flexibility index (Phi) is 5.57. The van der Waals surface area contributed by atoms with Gasteiger partial charge in [-0.15, -0.1) is 0 Å². The van der Waals surface area contributed by atoms with Crippen LogP contribution in [-0.2, 0) is 4.79 Å². The second-order valence-electron chi connectivity index (χ2n) is 5.86. The summed E-state index contributed by atoms with van der Waals surface area (Å²) < 4.78 is 6.09. The Morgan fingerprint density at radius 1 is 1.25 bits per heavy atom. The van der Waals surface area contributed by atoms with E-state index in [1.54, 1.807) is 31.2 Å². The molecular weight excluding hydrogens is 496 g/mol. The molecule has 3 rings (SSSR count). The lowest BCUT2D eigenvalue weighted by molar-refractivity contribution is -0.114. The summed E-state index contributed by atoms with van der Waals surface area (Å²) in [6.07, 6.45) is 1.62. The van der Waals surface area contributed by atoms with Gasteiger partial charge in [-0.2, -0.15) is 10.1 Å². The van der Waals surface area contributed by atoms with Gasteiger partial charge in [-0.1, -0.05) is 6.07 Å². The predicted octanol–water partition coefficient (Wildman–Crippen LogP) is 4.43. The second kappa shape index (κ2) is 7.76. The number of ether oxygens (including phenoxy) is 1. The molecule has 0 spiro atoms. The molecule has 0 aliphatic carbocycles. The summed E-state index contributed by atoms with van der Waals surface area (Å²) in [5, 5.41) is 24.6. The number of methoxy groups -OCH3 is 1. The van der Waals surface area contributed by atoms with E-state index in [4.69, 9.17) is 9.84 Å². The van der Waals surface area contributed by atoms with Crippen molar-refractivity contribution in [2.45, 2.75) is 6.92 Å². The monoisotopic (exact) mass is 508 g/mol. The van der Waals surface area contributed by atoms with E-state index in [9.17, 15) is 14.7 Å². The number of amides is 1. The predicted molar refractivity (Wildman–Crippen MR) is 112 cm³/mol. The lowest BCUT2D eigenvalue weighted by Crippen LogP contribution is -2.21. The van der Waals surface area contributed by atoms with Gasteiger partial charge in [0.25, 0.3) is 5.91 Å². The van der Waals surface area contributed by atoms with Crippen LogP contribution in [0.2, 0.25) is 0 Å². The van der Waals surface area contributed by atoms with Gasteiger partial charge >= 0.3 is 5.97 Å². The fraction of sp³-hybridized carbons (Fsp3) is 0.105. The zero-order valence-electron chi connectivity index (χ0n) is 14.7. The van der Waals surface area contributed by atoms with Crippen LogP contribution in [0.4, 0.5) is 5.69 Å². The van der Waals surface area contributed by atoms with Gasteiger partial charge in [0.05, 0.1) is 34.1 Å². The maximum absolute atomic E-state index is 12.9. The summed E-state index contributed by atoms with van der Waals surface area (Å²) in [4.78, 5) is 24.1. The lowest BCUT2D eigenvalue weighted by Gasteiger charge is -2.13. The summed E-state index contributed by atoms with van der Waals surface area (Å²) in [5.41, 5.74) is 1.82. The average molecular weight is 510 g/mol. The van der Waals surface area contributed by atoms with E-state index in [1.165, 1.54) is 19.2 Å². The highest BCUT2D eigenvalue weighted by Crippen LogP contribution is 2.42. The Bertz CT molecular complexity index is 1060. The van der Waals surface area contributed by atoms with E-state index in [0.29, 0.717) is 31.5 Å². The average Bonchev–Trinajstić information content (AvgIpc) is 2.96. The number of benzene rings is 2. The van der Waals surface area contributed by atoms with Crippen LogP contribution in [0.3, 0.4) is 0 Å². The number of hydrazone groups is 1. The van der Waals surface area contributed by atoms with Crippen LogP contribution in [0.25, 0.3) is 6.08 Å². The van der Waals surface area contributed by atoms with Gasteiger partial charge in [0, 0.05) is 4.47 Å². The first-order valence-corrected chi connectivity index (χ1v) is 9.53. The van der Waals surface area contributed by atoms with E-state index in [2.05, 4.69) is 37.0 Å². The van der Waals surface area contributed by atoms with Crippen molar-refractivity contribution in [3.63, 3.8) is 0 Å². The molecule has 28 heavy (non-hydrogen) atoms. The number of phenols is 1. The molecule has 2 aromatic carbocycles. The number of anilines is 1.